The van der Waals surface area contributed by atoms with Gasteiger partial charge >= 0.3 is 0 Å². The highest BCUT2D eigenvalue weighted by atomic mass is 16.2. The Labute approximate surface area is 93.0 Å². The minimum Gasteiger partial charge on any atom is -0.346 e. The lowest BCUT2D eigenvalue weighted by Gasteiger charge is -2.29. The van der Waals surface area contributed by atoms with E-state index in [1.54, 1.807) is 11.9 Å². The summed E-state index contributed by atoms with van der Waals surface area (Å²) in [6.45, 7) is 0.568. The Hall–Kier alpha value is -1.85. The fourth-order valence-electron chi connectivity index (χ4n) is 1.77. The molecule has 2 rings (SSSR count). The molecule has 1 aliphatic rings. The van der Waals surface area contributed by atoms with Crippen LogP contribution in [0.15, 0.2) is 12.5 Å². The van der Waals surface area contributed by atoms with Crippen LogP contribution in [-0.2, 0) is 4.79 Å². The van der Waals surface area contributed by atoms with Crippen LogP contribution in [0.25, 0.3) is 0 Å². The third kappa shape index (κ3) is 2.21. The van der Waals surface area contributed by atoms with E-state index in [1.807, 2.05) is 0 Å². The molecule has 0 aliphatic carbocycles. The van der Waals surface area contributed by atoms with Crippen LogP contribution in [0.1, 0.15) is 23.3 Å². The van der Waals surface area contributed by atoms with E-state index >= 15 is 0 Å². The Morgan fingerprint density at radius 2 is 2.50 bits per heavy atom. The van der Waals surface area contributed by atoms with Gasteiger partial charge in [-0.15, -0.1) is 0 Å². The summed E-state index contributed by atoms with van der Waals surface area (Å²) in [5.41, 5.74) is 0.444. The summed E-state index contributed by atoms with van der Waals surface area (Å²) >= 11 is 0. The van der Waals surface area contributed by atoms with E-state index < -0.39 is 0 Å². The third-order valence-corrected chi connectivity index (χ3v) is 2.70. The molecule has 6 heteroatoms. The van der Waals surface area contributed by atoms with Gasteiger partial charge in [0.25, 0.3) is 5.91 Å². The zero-order valence-corrected chi connectivity index (χ0v) is 9.06. The average Bonchev–Trinajstić information content (AvgIpc) is 2.77. The summed E-state index contributed by atoms with van der Waals surface area (Å²) in [5, 5.41) is 2.87. The van der Waals surface area contributed by atoms with E-state index in [9.17, 15) is 9.59 Å². The summed E-state index contributed by atoms with van der Waals surface area (Å²) in [7, 11) is 1.75. The van der Waals surface area contributed by atoms with E-state index in [0.717, 1.165) is 0 Å². The number of hydrogen-bond acceptors (Lipinski definition) is 3. The molecule has 1 aromatic rings. The molecule has 0 aromatic carbocycles. The van der Waals surface area contributed by atoms with Crippen LogP contribution in [0.3, 0.4) is 0 Å². The third-order valence-electron chi connectivity index (χ3n) is 2.70. The number of piperidine rings is 1. The number of imidazole rings is 1. The molecule has 1 fully saturated rings. The second-order valence-electron chi connectivity index (χ2n) is 3.95. The fourth-order valence-corrected chi connectivity index (χ4v) is 1.77. The van der Waals surface area contributed by atoms with E-state index in [0.29, 0.717) is 25.1 Å². The standard InChI is InChI=1S/C10H14N4O2/c1-14-5-7(2-3-9(14)15)13-10(16)8-4-11-6-12-8/h4,6-7H,2-3,5H2,1H3,(H,11,12)(H,13,16). The zero-order valence-electron chi connectivity index (χ0n) is 9.06. The van der Waals surface area contributed by atoms with Crippen LogP contribution in [-0.4, -0.2) is 46.3 Å². The molecule has 0 bridgehead atoms. The van der Waals surface area contributed by atoms with Crippen LogP contribution < -0.4 is 5.32 Å². The molecular weight excluding hydrogens is 208 g/mol. The van der Waals surface area contributed by atoms with Gasteiger partial charge in [0.2, 0.25) is 5.91 Å². The molecule has 1 saturated heterocycles. The van der Waals surface area contributed by atoms with Gasteiger partial charge in [-0.25, -0.2) is 4.98 Å². The molecule has 6 nitrogen and oxygen atoms in total. The quantitative estimate of drug-likeness (QED) is 0.725. The van der Waals surface area contributed by atoms with Crippen LogP contribution >= 0.6 is 0 Å². The topological polar surface area (TPSA) is 78.1 Å². The van der Waals surface area contributed by atoms with Crippen LogP contribution in [0, 0.1) is 0 Å². The van der Waals surface area contributed by atoms with Crippen molar-refractivity contribution in [3.8, 4) is 0 Å². The van der Waals surface area contributed by atoms with Crippen molar-refractivity contribution >= 4 is 11.8 Å². The van der Waals surface area contributed by atoms with Crippen molar-refractivity contribution in [3.05, 3.63) is 18.2 Å². The number of likely N-dealkylation sites (tertiary alicyclic amines) is 1. The highest BCUT2D eigenvalue weighted by Crippen LogP contribution is 2.09. The van der Waals surface area contributed by atoms with E-state index in [2.05, 4.69) is 15.3 Å². The average molecular weight is 222 g/mol. The Morgan fingerprint density at radius 1 is 1.69 bits per heavy atom. The molecule has 0 saturated carbocycles. The van der Waals surface area contributed by atoms with Gasteiger partial charge in [0, 0.05) is 26.1 Å². The molecule has 1 aliphatic heterocycles. The number of aromatic amines is 1. The highest BCUT2D eigenvalue weighted by molar-refractivity contribution is 5.92. The maximum Gasteiger partial charge on any atom is 0.269 e. The number of nitrogens with zero attached hydrogens (tertiary/aromatic N) is 2. The van der Waals surface area contributed by atoms with Crippen molar-refractivity contribution in [1.29, 1.82) is 0 Å². The van der Waals surface area contributed by atoms with Gasteiger partial charge in [0.15, 0.2) is 0 Å². The van der Waals surface area contributed by atoms with Crippen molar-refractivity contribution in [2.45, 2.75) is 18.9 Å². The molecule has 0 radical (unpaired) electrons. The molecule has 2 heterocycles. The summed E-state index contributed by atoms with van der Waals surface area (Å²) < 4.78 is 0. The zero-order chi connectivity index (χ0) is 11.5. The Balaban J connectivity index is 1.91. The number of likely N-dealkylation sites (N-methyl/N-ethyl adjacent to an activating group) is 1. The number of rotatable bonds is 2. The predicted molar refractivity (Wildman–Crippen MR) is 56.7 cm³/mol. The minimum atomic E-state index is -0.176. The monoisotopic (exact) mass is 222 g/mol. The SMILES string of the molecule is CN1CC(NC(=O)c2cnc[nH]2)CCC1=O. The first kappa shape index (κ1) is 10.7. The maximum atomic E-state index is 11.7. The number of nitrogens with one attached hydrogen (secondary N) is 2. The molecule has 1 unspecified atom stereocenters. The lowest BCUT2D eigenvalue weighted by atomic mass is 10.1. The molecule has 0 spiro atoms. The summed E-state index contributed by atoms with van der Waals surface area (Å²) in [6, 6.07) is 0.0264. The summed E-state index contributed by atoms with van der Waals surface area (Å²) in [6.07, 6.45) is 4.13. The van der Waals surface area contributed by atoms with Crippen molar-refractivity contribution in [2.24, 2.45) is 0 Å². The second kappa shape index (κ2) is 4.34. The van der Waals surface area contributed by atoms with Crippen LogP contribution in [0.2, 0.25) is 0 Å². The molecule has 16 heavy (non-hydrogen) atoms. The van der Waals surface area contributed by atoms with Gasteiger partial charge in [-0.3, -0.25) is 9.59 Å². The van der Waals surface area contributed by atoms with Gasteiger partial charge in [0.1, 0.15) is 5.69 Å². The Bertz CT molecular complexity index is 388. The summed E-state index contributed by atoms with van der Waals surface area (Å²) in [5.74, 6) is -0.0442. The van der Waals surface area contributed by atoms with Crippen molar-refractivity contribution in [3.63, 3.8) is 0 Å². The number of H-pyrrole nitrogens is 1. The molecular formula is C10H14N4O2. The molecule has 1 aromatic heterocycles. The number of aromatic nitrogens is 2. The van der Waals surface area contributed by atoms with Gasteiger partial charge in [-0.05, 0) is 6.42 Å². The first-order valence-corrected chi connectivity index (χ1v) is 5.20. The van der Waals surface area contributed by atoms with E-state index in [4.69, 9.17) is 0 Å². The number of hydrogen-bond donors (Lipinski definition) is 2. The van der Waals surface area contributed by atoms with Crippen molar-refractivity contribution < 1.29 is 9.59 Å². The first-order valence-electron chi connectivity index (χ1n) is 5.20. The van der Waals surface area contributed by atoms with Crippen molar-refractivity contribution in [1.82, 2.24) is 20.2 Å². The fraction of sp³-hybridized carbons (Fsp3) is 0.500. The molecule has 86 valence electrons. The minimum absolute atomic E-state index is 0.0264. The second-order valence-corrected chi connectivity index (χ2v) is 3.95. The smallest absolute Gasteiger partial charge is 0.269 e. The Kier molecular flexibility index (Phi) is 2.89. The number of amides is 2. The van der Waals surface area contributed by atoms with E-state index in [-0.39, 0.29) is 17.9 Å². The lowest BCUT2D eigenvalue weighted by molar-refractivity contribution is -0.132. The molecule has 2 amide bonds. The predicted octanol–water partition coefficient (Wildman–Crippen LogP) is -0.240. The number of carbonyl (C=O) groups excluding carboxylic acids is 2. The largest absolute Gasteiger partial charge is 0.346 e. The first-order chi connectivity index (χ1) is 7.66. The summed E-state index contributed by atoms with van der Waals surface area (Å²) in [4.78, 5) is 31.1. The van der Waals surface area contributed by atoms with Crippen LogP contribution in [0.4, 0.5) is 0 Å². The van der Waals surface area contributed by atoms with Crippen molar-refractivity contribution in [2.75, 3.05) is 13.6 Å². The van der Waals surface area contributed by atoms with Gasteiger partial charge in [-0.2, -0.15) is 0 Å². The lowest BCUT2D eigenvalue weighted by Crippen LogP contribution is -2.48. The van der Waals surface area contributed by atoms with Gasteiger partial charge in [-0.1, -0.05) is 0 Å². The molecule has 1 atom stereocenters. The molecule has 2 N–H and O–H groups in total. The van der Waals surface area contributed by atoms with Gasteiger partial charge < -0.3 is 15.2 Å². The van der Waals surface area contributed by atoms with Crippen LogP contribution in [0.5, 0.6) is 0 Å². The normalized spacial score (nSPS) is 20.9. The highest BCUT2D eigenvalue weighted by Gasteiger charge is 2.24. The Morgan fingerprint density at radius 3 is 3.12 bits per heavy atom. The van der Waals surface area contributed by atoms with E-state index in [1.165, 1.54) is 12.5 Å². The maximum absolute atomic E-state index is 11.7. The number of carbonyl (C=O) groups is 2. The van der Waals surface area contributed by atoms with Gasteiger partial charge in [0.05, 0.1) is 12.5 Å².